The Balaban J connectivity index is 2.34. The molecule has 0 spiro atoms. The van der Waals surface area contributed by atoms with E-state index in [1.807, 2.05) is 19.9 Å². The number of halogens is 1. The first kappa shape index (κ1) is 15.6. The van der Waals surface area contributed by atoms with E-state index in [-0.39, 0.29) is 11.0 Å². The van der Waals surface area contributed by atoms with Crippen LogP contribution in [0.15, 0.2) is 17.0 Å². The van der Waals surface area contributed by atoms with Gasteiger partial charge in [0, 0.05) is 10.7 Å². The van der Waals surface area contributed by atoms with Crippen LogP contribution in [0.25, 0.3) is 0 Å². The molecule has 0 unspecified atom stereocenters. The highest BCUT2D eigenvalue weighted by Gasteiger charge is 2.23. The molecule has 0 N–H and O–H groups in total. The van der Waals surface area contributed by atoms with Gasteiger partial charge < -0.3 is 4.74 Å². The molecule has 0 saturated heterocycles. The number of hydrogen-bond donors (Lipinski definition) is 0. The summed E-state index contributed by atoms with van der Waals surface area (Å²) in [6, 6.07) is 3.51. The molecule has 0 bridgehead atoms. The molecule has 3 nitrogen and oxygen atoms in total. The van der Waals surface area contributed by atoms with Gasteiger partial charge in [-0.3, -0.25) is 0 Å². The molecule has 1 aromatic rings. The van der Waals surface area contributed by atoms with E-state index in [1.165, 1.54) is 12.8 Å². The third-order valence-corrected chi connectivity index (χ3v) is 5.06. The first-order valence-electron chi connectivity index (χ1n) is 7.10. The topological polar surface area (TPSA) is 43.4 Å². The van der Waals surface area contributed by atoms with E-state index in [0.29, 0.717) is 5.75 Å². The highest BCUT2D eigenvalue weighted by molar-refractivity contribution is 8.13. The quantitative estimate of drug-likeness (QED) is 0.615. The van der Waals surface area contributed by atoms with Crippen molar-refractivity contribution >= 4 is 19.7 Å². The van der Waals surface area contributed by atoms with Gasteiger partial charge in [0.1, 0.15) is 10.6 Å². The van der Waals surface area contributed by atoms with Crippen LogP contribution in [0.2, 0.25) is 0 Å². The molecule has 1 aliphatic rings. The van der Waals surface area contributed by atoms with Gasteiger partial charge in [-0.1, -0.05) is 18.9 Å². The smallest absolute Gasteiger partial charge is 0.265 e. The van der Waals surface area contributed by atoms with E-state index in [9.17, 15) is 8.42 Å². The minimum atomic E-state index is -3.79. The van der Waals surface area contributed by atoms with Crippen molar-refractivity contribution in [1.29, 1.82) is 0 Å². The number of hydrogen-bond acceptors (Lipinski definition) is 3. The lowest BCUT2D eigenvalue weighted by Crippen LogP contribution is -2.17. The summed E-state index contributed by atoms with van der Waals surface area (Å²) >= 11 is 0. The van der Waals surface area contributed by atoms with E-state index in [0.717, 1.165) is 36.8 Å². The van der Waals surface area contributed by atoms with Crippen molar-refractivity contribution < 1.29 is 13.2 Å². The molecule has 0 heterocycles. The predicted octanol–water partition coefficient (Wildman–Crippen LogP) is 4.33. The average Bonchev–Trinajstić information content (AvgIpc) is 2.59. The first-order chi connectivity index (χ1) is 9.38. The van der Waals surface area contributed by atoms with Gasteiger partial charge in [-0.2, -0.15) is 0 Å². The lowest BCUT2D eigenvalue weighted by molar-refractivity contribution is 0.177. The van der Waals surface area contributed by atoms with Crippen LogP contribution in [-0.4, -0.2) is 14.5 Å². The monoisotopic (exact) mass is 316 g/mol. The molecule has 0 atom stereocenters. The highest BCUT2D eigenvalue weighted by Crippen LogP contribution is 2.34. The molecule has 1 aromatic carbocycles. The lowest BCUT2D eigenvalue weighted by atomic mass is 10.1. The molecule has 1 fully saturated rings. The van der Waals surface area contributed by atoms with E-state index >= 15 is 0 Å². The van der Waals surface area contributed by atoms with Crippen LogP contribution in [0.4, 0.5) is 0 Å². The van der Waals surface area contributed by atoms with Crippen molar-refractivity contribution in [3.8, 4) is 5.75 Å². The maximum atomic E-state index is 11.8. The Kier molecular flexibility index (Phi) is 4.97. The minimum absolute atomic E-state index is 0.0936. The second-order valence-electron chi connectivity index (χ2n) is 5.58. The Morgan fingerprint density at radius 3 is 2.25 bits per heavy atom. The minimum Gasteiger partial charge on any atom is -0.489 e. The summed E-state index contributed by atoms with van der Waals surface area (Å²) in [5.74, 6) is 0.428. The molecule has 0 aliphatic heterocycles. The van der Waals surface area contributed by atoms with Gasteiger partial charge in [0.05, 0.1) is 6.10 Å². The number of rotatable bonds is 3. The van der Waals surface area contributed by atoms with Gasteiger partial charge in [-0.05, 0) is 56.7 Å². The molecular weight excluding hydrogens is 296 g/mol. The van der Waals surface area contributed by atoms with Crippen LogP contribution >= 0.6 is 10.7 Å². The van der Waals surface area contributed by atoms with Crippen molar-refractivity contribution in [2.75, 3.05) is 0 Å². The van der Waals surface area contributed by atoms with E-state index < -0.39 is 9.05 Å². The molecule has 0 aromatic heterocycles. The fourth-order valence-corrected chi connectivity index (χ4v) is 3.87. The highest BCUT2D eigenvalue weighted by atomic mass is 35.7. The van der Waals surface area contributed by atoms with Crippen LogP contribution in [-0.2, 0) is 9.05 Å². The second kappa shape index (κ2) is 6.35. The van der Waals surface area contributed by atoms with Gasteiger partial charge in [-0.25, -0.2) is 8.42 Å². The normalized spacial score (nSPS) is 17.8. The molecule has 112 valence electrons. The fraction of sp³-hybridized carbons (Fsp3) is 0.600. The van der Waals surface area contributed by atoms with Crippen molar-refractivity contribution in [2.45, 2.75) is 63.4 Å². The van der Waals surface area contributed by atoms with Gasteiger partial charge in [0.25, 0.3) is 9.05 Å². The van der Waals surface area contributed by atoms with E-state index in [1.54, 1.807) is 6.07 Å². The van der Waals surface area contributed by atoms with Crippen LogP contribution in [0.1, 0.15) is 49.7 Å². The zero-order chi connectivity index (χ0) is 14.8. The second-order valence-corrected chi connectivity index (χ2v) is 8.11. The Labute approximate surface area is 125 Å². The first-order valence-corrected chi connectivity index (χ1v) is 9.41. The fourth-order valence-electron chi connectivity index (χ4n) is 2.77. The summed E-state index contributed by atoms with van der Waals surface area (Å²) in [5, 5.41) is 0. The zero-order valence-electron chi connectivity index (χ0n) is 12.0. The van der Waals surface area contributed by atoms with Crippen LogP contribution in [0.5, 0.6) is 5.75 Å². The summed E-state index contributed by atoms with van der Waals surface area (Å²) in [7, 11) is 1.76. The Hall–Kier alpha value is -0.740. The van der Waals surface area contributed by atoms with Gasteiger partial charge in [0.2, 0.25) is 0 Å². The number of aryl methyl sites for hydroxylation is 2. The van der Waals surface area contributed by atoms with Crippen molar-refractivity contribution in [3.63, 3.8) is 0 Å². The summed E-state index contributed by atoms with van der Waals surface area (Å²) in [6.07, 6.45) is 6.79. The Morgan fingerprint density at radius 1 is 1.10 bits per heavy atom. The van der Waals surface area contributed by atoms with Crippen LogP contribution in [0, 0.1) is 13.8 Å². The molecule has 1 saturated carbocycles. The molecule has 2 rings (SSSR count). The summed E-state index contributed by atoms with van der Waals surface area (Å²) in [4.78, 5) is 0.0981. The molecule has 0 radical (unpaired) electrons. The Bertz CT molecular complexity index is 573. The van der Waals surface area contributed by atoms with Crippen LogP contribution < -0.4 is 4.74 Å². The molecule has 0 amide bonds. The predicted molar refractivity (Wildman–Crippen MR) is 81.1 cm³/mol. The van der Waals surface area contributed by atoms with Gasteiger partial charge in [0.15, 0.2) is 0 Å². The lowest BCUT2D eigenvalue weighted by Gasteiger charge is -2.20. The summed E-state index contributed by atoms with van der Waals surface area (Å²) in [5.41, 5.74) is 1.70. The maximum absolute atomic E-state index is 11.8. The van der Waals surface area contributed by atoms with Gasteiger partial charge in [-0.15, -0.1) is 0 Å². The number of ether oxygens (including phenoxy) is 1. The van der Waals surface area contributed by atoms with Crippen molar-refractivity contribution in [2.24, 2.45) is 0 Å². The zero-order valence-corrected chi connectivity index (χ0v) is 13.6. The standard InChI is InChI=1S/C15H21ClO3S/c1-11-9-12(2)15(14(10-11)20(16,17)18)19-13-7-5-3-4-6-8-13/h9-10,13H,3-8H2,1-2H3. The summed E-state index contributed by atoms with van der Waals surface area (Å²) < 4.78 is 29.5. The summed E-state index contributed by atoms with van der Waals surface area (Å²) in [6.45, 7) is 3.72. The Morgan fingerprint density at radius 2 is 1.70 bits per heavy atom. The molecule has 1 aliphatic carbocycles. The third kappa shape index (κ3) is 3.89. The van der Waals surface area contributed by atoms with Crippen molar-refractivity contribution in [1.82, 2.24) is 0 Å². The van der Waals surface area contributed by atoms with E-state index in [4.69, 9.17) is 15.4 Å². The molecular formula is C15H21ClO3S. The van der Waals surface area contributed by atoms with Gasteiger partial charge >= 0.3 is 0 Å². The number of benzene rings is 1. The SMILES string of the molecule is Cc1cc(C)c(OC2CCCCCC2)c(S(=O)(=O)Cl)c1. The molecule has 20 heavy (non-hydrogen) atoms. The maximum Gasteiger partial charge on any atom is 0.265 e. The third-order valence-electron chi connectivity index (χ3n) is 3.73. The molecule has 5 heteroatoms. The van der Waals surface area contributed by atoms with Crippen molar-refractivity contribution in [3.05, 3.63) is 23.3 Å². The van der Waals surface area contributed by atoms with Crippen LogP contribution in [0.3, 0.4) is 0 Å². The van der Waals surface area contributed by atoms with E-state index in [2.05, 4.69) is 0 Å². The largest absolute Gasteiger partial charge is 0.489 e. The average molecular weight is 317 g/mol.